The molecule has 2 aromatic carbocycles. The molecule has 1 heterocycles. The van der Waals surface area contributed by atoms with Crippen molar-refractivity contribution in [1.29, 1.82) is 0 Å². The minimum Gasteiger partial charge on any atom is -0.368 e. The third kappa shape index (κ3) is 4.04. The molecule has 1 fully saturated rings. The molecule has 0 bridgehead atoms. The summed E-state index contributed by atoms with van der Waals surface area (Å²) < 4.78 is 0. The lowest BCUT2D eigenvalue weighted by atomic mass is 10.1. The molecule has 1 N–H and O–H groups in total. The summed E-state index contributed by atoms with van der Waals surface area (Å²) in [5, 5.41) is 2.72. The molecule has 1 aliphatic heterocycles. The second kappa shape index (κ2) is 7.60. The van der Waals surface area contributed by atoms with Crippen LogP contribution in [-0.4, -0.2) is 42.9 Å². The molecule has 1 aliphatic rings. The molecule has 1 saturated heterocycles. The Labute approximate surface area is 154 Å². The standard InChI is InChI=1S/C21H25N3O2/c1-15-7-8-20(16(2)13-15)23-9-11-24(12-10-23)21(26)18-5-4-6-19(14-18)22-17(3)25/h4-8,13-14H,9-12H2,1-3H3,(H,22,25). The molecule has 0 aromatic heterocycles. The number of amides is 2. The molecule has 0 saturated carbocycles. The molecule has 5 nitrogen and oxygen atoms in total. The molecule has 0 radical (unpaired) electrons. The highest BCUT2D eigenvalue weighted by Gasteiger charge is 2.23. The van der Waals surface area contributed by atoms with E-state index in [1.54, 1.807) is 24.3 Å². The van der Waals surface area contributed by atoms with Crippen LogP contribution in [0.3, 0.4) is 0 Å². The lowest BCUT2D eigenvalue weighted by Crippen LogP contribution is -2.49. The first kappa shape index (κ1) is 18.0. The molecule has 26 heavy (non-hydrogen) atoms. The molecule has 0 atom stereocenters. The highest BCUT2D eigenvalue weighted by atomic mass is 16.2. The zero-order chi connectivity index (χ0) is 18.7. The van der Waals surface area contributed by atoms with Gasteiger partial charge in [-0.1, -0.05) is 23.8 Å². The van der Waals surface area contributed by atoms with Gasteiger partial charge in [0.15, 0.2) is 0 Å². The smallest absolute Gasteiger partial charge is 0.254 e. The number of carbonyl (C=O) groups is 2. The van der Waals surface area contributed by atoms with E-state index in [-0.39, 0.29) is 11.8 Å². The van der Waals surface area contributed by atoms with Crippen molar-refractivity contribution in [3.8, 4) is 0 Å². The first-order valence-electron chi connectivity index (χ1n) is 8.93. The van der Waals surface area contributed by atoms with Crippen LogP contribution in [0.2, 0.25) is 0 Å². The number of piperazine rings is 1. The van der Waals surface area contributed by atoms with Gasteiger partial charge in [-0.3, -0.25) is 9.59 Å². The molecular weight excluding hydrogens is 326 g/mol. The van der Waals surface area contributed by atoms with Crippen LogP contribution in [0.4, 0.5) is 11.4 Å². The Morgan fingerprint density at radius 3 is 2.35 bits per heavy atom. The van der Waals surface area contributed by atoms with Gasteiger partial charge in [0.1, 0.15) is 0 Å². The minimum atomic E-state index is -0.142. The first-order valence-corrected chi connectivity index (χ1v) is 8.93. The maximum Gasteiger partial charge on any atom is 0.254 e. The predicted octanol–water partition coefficient (Wildman–Crippen LogP) is 3.22. The van der Waals surface area contributed by atoms with Gasteiger partial charge < -0.3 is 15.1 Å². The number of anilines is 2. The van der Waals surface area contributed by atoms with E-state index in [4.69, 9.17) is 0 Å². The first-order chi connectivity index (χ1) is 12.4. The molecule has 2 amide bonds. The fourth-order valence-corrected chi connectivity index (χ4v) is 3.43. The molecule has 2 aromatic rings. The second-order valence-corrected chi connectivity index (χ2v) is 6.83. The Kier molecular flexibility index (Phi) is 5.26. The second-order valence-electron chi connectivity index (χ2n) is 6.83. The van der Waals surface area contributed by atoms with Crippen molar-refractivity contribution in [3.63, 3.8) is 0 Å². The minimum absolute atomic E-state index is 0.0116. The number of aryl methyl sites for hydroxylation is 2. The van der Waals surface area contributed by atoms with Crippen molar-refractivity contribution in [2.24, 2.45) is 0 Å². The third-order valence-corrected chi connectivity index (χ3v) is 4.69. The van der Waals surface area contributed by atoms with Crippen molar-refractivity contribution >= 4 is 23.2 Å². The Balaban J connectivity index is 1.66. The number of benzene rings is 2. The molecule has 0 aliphatic carbocycles. The molecule has 136 valence electrons. The van der Waals surface area contributed by atoms with E-state index < -0.39 is 0 Å². The molecule has 0 spiro atoms. The van der Waals surface area contributed by atoms with Crippen LogP contribution < -0.4 is 10.2 Å². The van der Waals surface area contributed by atoms with Gasteiger partial charge in [0.25, 0.3) is 5.91 Å². The normalized spacial score (nSPS) is 14.3. The van der Waals surface area contributed by atoms with Gasteiger partial charge in [-0.05, 0) is 43.7 Å². The number of rotatable bonds is 3. The number of hydrogen-bond acceptors (Lipinski definition) is 3. The summed E-state index contributed by atoms with van der Waals surface area (Å²) in [6.45, 7) is 8.71. The largest absolute Gasteiger partial charge is 0.368 e. The fraction of sp³-hybridized carbons (Fsp3) is 0.333. The van der Waals surface area contributed by atoms with E-state index >= 15 is 0 Å². The van der Waals surface area contributed by atoms with Crippen molar-refractivity contribution in [2.45, 2.75) is 20.8 Å². The van der Waals surface area contributed by atoms with Gasteiger partial charge in [0, 0.05) is 50.0 Å². The summed E-state index contributed by atoms with van der Waals surface area (Å²) >= 11 is 0. The van der Waals surface area contributed by atoms with Crippen LogP contribution in [0.15, 0.2) is 42.5 Å². The number of carbonyl (C=O) groups excluding carboxylic acids is 2. The van der Waals surface area contributed by atoms with E-state index in [9.17, 15) is 9.59 Å². The summed E-state index contributed by atoms with van der Waals surface area (Å²) in [5.74, 6) is -0.130. The zero-order valence-electron chi connectivity index (χ0n) is 15.6. The Bertz CT molecular complexity index is 824. The third-order valence-electron chi connectivity index (χ3n) is 4.69. The SMILES string of the molecule is CC(=O)Nc1cccc(C(=O)N2CCN(c3ccc(C)cc3C)CC2)c1. The zero-order valence-corrected chi connectivity index (χ0v) is 15.6. The summed E-state index contributed by atoms with van der Waals surface area (Å²) in [6, 6.07) is 13.6. The van der Waals surface area contributed by atoms with Gasteiger partial charge in [-0.2, -0.15) is 0 Å². The van der Waals surface area contributed by atoms with Crippen molar-refractivity contribution in [2.75, 3.05) is 36.4 Å². The van der Waals surface area contributed by atoms with Gasteiger partial charge >= 0.3 is 0 Å². The lowest BCUT2D eigenvalue weighted by Gasteiger charge is -2.37. The number of hydrogen-bond donors (Lipinski definition) is 1. The van der Waals surface area contributed by atoms with Crippen LogP contribution in [0, 0.1) is 13.8 Å². The summed E-state index contributed by atoms with van der Waals surface area (Å²) in [7, 11) is 0. The van der Waals surface area contributed by atoms with Crippen molar-refractivity contribution in [1.82, 2.24) is 4.90 Å². The Hall–Kier alpha value is -2.82. The fourth-order valence-electron chi connectivity index (χ4n) is 3.43. The quantitative estimate of drug-likeness (QED) is 0.924. The van der Waals surface area contributed by atoms with E-state index in [1.165, 1.54) is 23.7 Å². The monoisotopic (exact) mass is 351 g/mol. The van der Waals surface area contributed by atoms with E-state index in [0.717, 1.165) is 13.1 Å². The van der Waals surface area contributed by atoms with Crippen LogP contribution >= 0.6 is 0 Å². The highest BCUT2D eigenvalue weighted by molar-refractivity contribution is 5.97. The molecular formula is C21H25N3O2. The Morgan fingerprint density at radius 1 is 0.962 bits per heavy atom. The number of nitrogens with zero attached hydrogens (tertiary/aromatic N) is 2. The summed E-state index contributed by atoms with van der Waals surface area (Å²) in [4.78, 5) is 28.2. The molecule has 3 rings (SSSR count). The van der Waals surface area contributed by atoms with Gasteiger partial charge in [-0.25, -0.2) is 0 Å². The average Bonchev–Trinajstić information content (AvgIpc) is 2.61. The van der Waals surface area contributed by atoms with Gasteiger partial charge in [0.2, 0.25) is 5.91 Å². The van der Waals surface area contributed by atoms with Crippen LogP contribution in [0.5, 0.6) is 0 Å². The molecule has 5 heteroatoms. The highest BCUT2D eigenvalue weighted by Crippen LogP contribution is 2.23. The summed E-state index contributed by atoms with van der Waals surface area (Å²) in [5.41, 5.74) is 5.04. The van der Waals surface area contributed by atoms with Gasteiger partial charge in [0.05, 0.1) is 0 Å². The van der Waals surface area contributed by atoms with E-state index in [0.29, 0.717) is 24.3 Å². The maximum atomic E-state index is 12.8. The van der Waals surface area contributed by atoms with E-state index in [2.05, 4.69) is 42.3 Å². The maximum absolute atomic E-state index is 12.8. The molecule has 0 unspecified atom stereocenters. The lowest BCUT2D eigenvalue weighted by molar-refractivity contribution is -0.114. The van der Waals surface area contributed by atoms with Crippen molar-refractivity contribution < 1.29 is 9.59 Å². The predicted molar refractivity (Wildman–Crippen MR) is 105 cm³/mol. The van der Waals surface area contributed by atoms with Crippen LogP contribution in [0.1, 0.15) is 28.4 Å². The Morgan fingerprint density at radius 2 is 1.69 bits per heavy atom. The number of nitrogens with one attached hydrogen (secondary N) is 1. The van der Waals surface area contributed by atoms with Crippen molar-refractivity contribution in [3.05, 3.63) is 59.2 Å². The van der Waals surface area contributed by atoms with Gasteiger partial charge in [-0.15, -0.1) is 0 Å². The van der Waals surface area contributed by atoms with Crippen LogP contribution in [-0.2, 0) is 4.79 Å². The average molecular weight is 351 g/mol. The van der Waals surface area contributed by atoms with Crippen LogP contribution in [0.25, 0.3) is 0 Å². The summed E-state index contributed by atoms with van der Waals surface area (Å²) in [6.07, 6.45) is 0. The van der Waals surface area contributed by atoms with E-state index in [1.807, 2.05) is 4.90 Å². The topological polar surface area (TPSA) is 52.7 Å².